The molecule has 2 fully saturated rings. The third-order valence-corrected chi connectivity index (χ3v) is 9.18. The van der Waals surface area contributed by atoms with Gasteiger partial charge in [0.25, 0.3) is 5.56 Å². The zero-order chi connectivity index (χ0) is 26.5. The molecule has 0 aliphatic carbocycles. The van der Waals surface area contributed by atoms with E-state index in [1.807, 2.05) is 14.0 Å². The Hall–Kier alpha value is -2.80. The van der Waals surface area contributed by atoms with E-state index in [9.17, 15) is 13.2 Å². The molecule has 2 aromatic heterocycles. The first-order chi connectivity index (χ1) is 17.7. The van der Waals surface area contributed by atoms with E-state index >= 15 is 0 Å². The number of imidazole rings is 1. The third-order valence-electron chi connectivity index (χ3n) is 7.35. The van der Waals surface area contributed by atoms with Gasteiger partial charge in [0.2, 0.25) is 10.0 Å². The number of ether oxygens (including phenoxy) is 1. The minimum Gasteiger partial charge on any atom is -0.493 e. The van der Waals surface area contributed by atoms with Gasteiger partial charge in [-0.15, -0.1) is 5.10 Å². The number of aromatic nitrogens is 4. The first-order valence-corrected chi connectivity index (χ1v) is 14.3. The van der Waals surface area contributed by atoms with Crippen molar-refractivity contribution in [2.75, 3.05) is 33.3 Å². The number of benzene rings is 1. The van der Waals surface area contributed by atoms with Crippen LogP contribution < -0.4 is 10.3 Å². The Morgan fingerprint density at radius 1 is 1.19 bits per heavy atom. The van der Waals surface area contributed by atoms with Gasteiger partial charge >= 0.3 is 0 Å². The minimum absolute atomic E-state index is 0.115. The molecular weight excluding hydrogens is 496 g/mol. The molecule has 1 aromatic carbocycles. The molecule has 0 amide bonds. The number of nitrogens with one attached hydrogen (secondary N) is 1. The van der Waals surface area contributed by atoms with Crippen molar-refractivity contribution in [3.63, 3.8) is 0 Å². The van der Waals surface area contributed by atoms with E-state index in [1.165, 1.54) is 10.4 Å². The smallest absolute Gasteiger partial charge is 0.277 e. The SMILES string of the molecule is CCOc1ccc(S(=O)(=O)N2CC3CN(C)OC3C2)cc1-c1nn2c(C(CC)CC)nc(C)c2c(=O)[nH]1. The van der Waals surface area contributed by atoms with Crippen LogP contribution in [0.3, 0.4) is 0 Å². The number of nitrogens with zero attached hydrogens (tertiary/aromatic N) is 5. The lowest BCUT2D eigenvalue weighted by molar-refractivity contribution is -0.125. The van der Waals surface area contributed by atoms with Gasteiger partial charge in [-0.05, 0) is 44.9 Å². The van der Waals surface area contributed by atoms with Crippen molar-refractivity contribution in [3.05, 3.63) is 40.1 Å². The Labute approximate surface area is 216 Å². The second kappa shape index (κ2) is 9.82. The summed E-state index contributed by atoms with van der Waals surface area (Å²) in [6.45, 7) is 9.56. The summed E-state index contributed by atoms with van der Waals surface area (Å²) in [7, 11) is -1.94. The molecule has 37 heavy (non-hydrogen) atoms. The second-order valence-corrected chi connectivity index (χ2v) is 11.7. The maximum atomic E-state index is 13.6. The average Bonchev–Trinajstić information content (AvgIpc) is 3.52. The summed E-state index contributed by atoms with van der Waals surface area (Å²) >= 11 is 0. The number of aryl methyl sites for hydroxylation is 1. The number of hydrogen-bond acceptors (Lipinski definition) is 8. The Kier molecular flexibility index (Phi) is 6.86. The highest BCUT2D eigenvalue weighted by atomic mass is 32.2. The van der Waals surface area contributed by atoms with Crippen LogP contribution >= 0.6 is 0 Å². The topological polar surface area (TPSA) is 122 Å². The number of H-pyrrole nitrogens is 1. The molecule has 200 valence electrons. The molecule has 3 aromatic rings. The Morgan fingerprint density at radius 2 is 1.95 bits per heavy atom. The van der Waals surface area contributed by atoms with Gasteiger partial charge in [0, 0.05) is 38.5 Å². The van der Waals surface area contributed by atoms with Gasteiger partial charge in [-0.1, -0.05) is 13.8 Å². The van der Waals surface area contributed by atoms with Crippen LogP contribution in [-0.2, 0) is 14.9 Å². The van der Waals surface area contributed by atoms with E-state index in [0.717, 1.165) is 18.7 Å². The molecule has 1 N–H and O–H groups in total. The number of aromatic amines is 1. The Balaban J connectivity index is 1.60. The Bertz CT molecular complexity index is 1460. The molecule has 2 aliphatic rings. The van der Waals surface area contributed by atoms with Crippen LogP contribution in [0.5, 0.6) is 5.75 Å². The molecule has 0 bridgehead atoms. The second-order valence-electron chi connectivity index (χ2n) is 9.76. The van der Waals surface area contributed by atoms with Gasteiger partial charge in [-0.25, -0.2) is 17.9 Å². The maximum Gasteiger partial charge on any atom is 0.277 e. The number of hydrogen-bond donors (Lipinski definition) is 1. The third kappa shape index (κ3) is 4.45. The molecule has 11 nitrogen and oxygen atoms in total. The zero-order valence-electron chi connectivity index (χ0n) is 21.9. The highest BCUT2D eigenvalue weighted by Gasteiger charge is 2.45. The van der Waals surface area contributed by atoms with E-state index in [-0.39, 0.29) is 34.2 Å². The van der Waals surface area contributed by atoms with Crippen LogP contribution in [0.4, 0.5) is 0 Å². The summed E-state index contributed by atoms with van der Waals surface area (Å²) in [6, 6.07) is 4.70. The van der Waals surface area contributed by atoms with Gasteiger partial charge in [-0.3, -0.25) is 9.63 Å². The van der Waals surface area contributed by atoms with Crippen LogP contribution in [0.2, 0.25) is 0 Å². The predicted molar refractivity (Wildman–Crippen MR) is 138 cm³/mol. The van der Waals surface area contributed by atoms with E-state index in [1.54, 1.807) is 28.6 Å². The number of hydroxylamine groups is 2. The average molecular weight is 531 g/mol. The molecule has 0 radical (unpaired) electrons. The largest absolute Gasteiger partial charge is 0.493 e. The van der Waals surface area contributed by atoms with Gasteiger partial charge in [0.15, 0.2) is 11.3 Å². The Morgan fingerprint density at radius 3 is 2.62 bits per heavy atom. The summed E-state index contributed by atoms with van der Waals surface area (Å²) < 4.78 is 36.1. The highest BCUT2D eigenvalue weighted by Crippen LogP contribution is 2.35. The van der Waals surface area contributed by atoms with Crippen molar-refractivity contribution in [3.8, 4) is 17.1 Å². The summed E-state index contributed by atoms with van der Waals surface area (Å²) in [5, 5.41) is 6.51. The van der Waals surface area contributed by atoms with Crippen molar-refractivity contribution in [2.45, 2.75) is 57.5 Å². The maximum absolute atomic E-state index is 13.6. The normalized spacial score (nSPS) is 20.8. The summed E-state index contributed by atoms with van der Waals surface area (Å²) in [6.07, 6.45) is 1.57. The summed E-state index contributed by atoms with van der Waals surface area (Å²) in [5.41, 5.74) is 1.06. The molecule has 4 heterocycles. The quantitative estimate of drug-likeness (QED) is 0.472. The fraction of sp³-hybridized carbons (Fsp3) is 0.560. The molecule has 2 saturated heterocycles. The lowest BCUT2D eigenvalue weighted by atomic mass is 10.0. The van der Waals surface area contributed by atoms with E-state index in [0.29, 0.717) is 48.8 Å². The van der Waals surface area contributed by atoms with E-state index < -0.39 is 10.0 Å². The first kappa shape index (κ1) is 25.8. The van der Waals surface area contributed by atoms with Crippen molar-refractivity contribution in [1.29, 1.82) is 0 Å². The van der Waals surface area contributed by atoms with Gasteiger partial charge in [0.05, 0.1) is 28.9 Å². The van der Waals surface area contributed by atoms with Crippen molar-refractivity contribution >= 4 is 15.5 Å². The standard InChI is InChI=1S/C25H34N6O5S/c1-6-16(7-2)24-26-15(4)22-25(32)27-23(28-31(22)24)19-11-18(9-10-20(19)35-8-3)37(33,34)30-13-17-12-29(5)36-21(17)14-30/h9-11,16-17,21H,6-8,12-14H2,1-5H3,(H,27,28,32). The van der Waals surface area contributed by atoms with Gasteiger partial charge in [0.1, 0.15) is 11.6 Å². The highest BCUT2D eigenvalue weighted by molar-refractivity contribution is 7.89. The lowest BCUT2D eigenvalue weighted by Gasteiger charge is -2.20. The number of fused-ring (bicyclic) bond motifs is 2. The molecular formula is C25H34N6O5S. The lowest BCUT2D eigenvalue weighted by Crippen LogP contribution is -2.32. The van der Waals surface area contributed by atoms with Crippen LogP contribution in [0.25, 0.3) is 16.9 Å². The van der Waals surface area contributed by atoms with Gasteiger partial charge < -0.3 is 9.72 Å². The summed E-state index contributed by atoms with van der Waals surface area (Å²) in [4.78, 5) is 26.5. The van der Waals surface area contributed by atoms with E-state index in [2.05, 4.69) is 23.8 Å². The van der Waals surface area contributed by atoms with E-state index in [4.69, 9.17) is 14.7 Å². The molecule has 5 rings (SSSR count). The van der Waals surface area contributed by atoms with Crippen LogP contribution in [0.15, 0.2) is 27.9 Å². The monoisotopic (exact) mass is 530 g/mol. The van der Waals surface area contributed by atoms with Gasteiger partial charge in [-0.2, -0.15) is 9.37 Å². The number of rotatable bonds is 8. The minimum atomic E-state index is -3.80. The van der Waals surface area contributed by atoms with Crippen LogP contribution in [0, 0.1) is 12.8 Å². The molecule has 2 aliphatic heterocycles. The molecule has 0 spiro atoms. The molecule has 12 heteroatoms. The summed E-state index contributed by atoms with van der Waals surface area (Å²) in [5.74, 6) is 1.66. The first-order valence-electron chi connectivity index (χ1n) is 12.8. The van der Waals surface area contributed by atoms with Crippen molar-refractivity contribution in [2.24, 2.45) is 5.92 Å². The van der Waals surface area contributed by atoms with Crippen molar-refractivity contribution < 1.29 is 18.0 Å². The van der Waals surface area contributed by atoms with Crippen LogP contribution in [-0.4, -0.2) is 76.8 Å². The fourth-order valence-electron chi connectivity index (χ4n) is 5.42. The predicted octanol–water partition coefficient (Wildman–Crippen LogP) is 2.56. The van der Waals surface area contributed by atoms with Crippen LogP contribution in [0.1, 0.15) is 51.0 Å². The zero-order valence-corrected chi connectivity index (χ0v) is 22.7. The molecule has 2 atom stereocenters. The number of sulfonamides is 1. The fourth-order valence-corrected chi connectivity index (χ4v) is 6.95. The van der Waals surface area contributed by atoms with Crippen molar-refractivity contribution in [1.82, 2.24) is 29.0 Å². The molecule has 0 saturated carbocycles. The molecule has 2 unspecified atom stereocenters.